The number of hydrogen-bond donors (Lipinski definition) is 2. The van der Waals surface area contributed by atoms with Crippen molar-refractivity contribution in [1.29, 1.82) is 0 Å². The third-order valence-corrected chi connectivity index (χ3v) is 3.09. The summed E-state index contributed by atoms with van der Waals surface area (Å²) in [7, 11) is 1.50. The average Bonchev–Trinajstić information content (AvgIpc) is 2.85. The average molecular weight is 304 g/mol. The Hall–Kier alpha value is -2.03. The second-order valence-electron chi connectivity index (χ2n) is 3.85. The first-order valence-electron chi connectivity index (χ1n) is 5.47. The largest absolute Gasteiger partial charge is 0.496 e. The van der Waals surface area contributed by atoms with Crippen LogP contribution in [0.25, 0.3) is 0 Å². The zero-order valence-electron chi connectivity index (χ0n) is 10.4. The van der Waals surface area contributed by atoms with Crippen LogP contribution in [-0.4, -0.2) is 16.5 Å². The van der Waals surface area contributed by atoms with E-state index in [2.05, 4.69) is 14.7 Å². The van der Waals surface area contributed by atoms with Crippen molar-refractivity contribution >= 4 is 22.4 Å². The molecule has 0 saturated carbocycles. The summed E-state index contributed by atoms with van der Waals surface area (Å²) in [4.78, 5) is 3.37. The predicted molar refractivity (Wildman–Crippen MR) is 69.6 cm³/mol. The number of hydrogen-bond acceptors (Lipinski definition) is 6. The van der Waals surface area contributed by atoms with E-state index in [1.54, 1.807) is 18.2 Å². The number of alkyl halides is 3. The molecule has 0 aliphatic carbocycles. The summed E-state index contributed by atoms with van der Waals surface area (Å²) in [6.07, 6.45) is -4.54. The third kappa shape index (κ3) is 3.29. The molecule has 20 heavy (non-hydrogen) atoms. The fraction of sp³-hybridized carbons (Fsp3) is 0.273. The molecule has 2 aromatic rings. The number of methoxy groups -OCH3 is 1. The number of rotatable bonds is 4. The molecule has 2 rings (SSSR count). The number of nitrogens with zero attached hydrogens (tertiary/aromatic N) is 2. The van der Waals surface area contributed by atoms with E-state index in [-0.39, 0.29) is 11.7 Å². The zero-order chi connectivity index (χ0) is 14.8. The van der Waals surface area contributed by atoms with Crippen molar-refractivity contribution in [3.05, 3.63) is 29.6 Å². The molecule has 0 spiro atoms. The van der Waals surface area contributed by atoms with Gasteiger partial charge in [0.25, 0.3) is 0 Å². The van der Waals surface area contributed by atoms with Gasteiger partial charge in [0.15, 0.2) is 0 Å². The molecular weight excluding hydrogens is 293 g/mol. The molecule has 1 aromatic heterocycles. The van der Waals surface area contributed by atoms with Gasteiger partial charge in [0, 0.05) is 29.3 Å². The molecule has 0 bridgehead atoms. The number of nitrogens with one attached hydrogen (secondary N) is 1. The van der Waals surface area contributed by atoms with Crippen LogP contribution in [0, 0.1) is 0 Å². The lowest BCUT2D eigenvalue weighted by molar-refractivity contribution is -0.144. The van der Waals surface area contributed by atoms with Crippen LogP contribution in [0.4, 0.5) is 24.0 Å². The molecule has 0 saturated heterocycles. The number of halogens is 3. The van der Waals surface area contributed by atoms with E-state index in [9.17, 15) is 13.2 Å². The molecule has 0 amide bonds. The Kier molecular flexibility index (Phi) is 3.98. The first-order chi connectivity index (χ1) is 9.40. The van der Waals surface area contributed by atoms with Crippen molar-refractivity contribution in [1.82, 2.24) is 9.36 Å². The molecule has 108 valence electrons. The summed E-state index contributed by atoms with van der Waals surface area (Å²) in [5.74, 6) is -0.559. The quantitative estimate of drug-likeness (QED) is 0.850. The van der Waals surface area contributed by atoms with Crippen LogP contribution in [0.1, 0.15) is 11.4 Å². The van der Waals surface area contributed by atoms with Crippen LogP contribution in [0.15, 0.2) is 18.2 Å². The van der Waals surface area contributed by atoms with Gasteiger partial charge in [0.2, 0.25) is 11.0 Å². The van der Waals surface area contributed by atoms with Gasteiger partial charge in [-0.05, 0) is 18.2 Å². The van der Waals surface area contributed by atoms with Crippen LogP contribution in [0.3, 0.4) is 0 Å². The smallest absolute Gasteiger partial charge is 0.452 e. The zero-order valence-corrected chi connectivity index (χ0v) is 11.2. The van der Waals surface area contributed by atoms with Gasteiger partial charge in [0.05, 0.1) is 7.11 Å². The van der Waals surface area contributed by atoms with E-state index in [0.717, 1.165) is 5.56 Å². The normalized spacial score (nSPS) is 11.4. The van der Waals surface area contributed by atoms with Crippen LogP contribution in [0.2, 0.25) is 0 Å². The third-order valence-electron chi connectivity index (χ3n) is 2.41. The first kappa shape index (κ1) is 14.4. The Morgan fingerprint density at radius 2 is 2.15 bits per heavy atom. The van der Waals surface area contributed by atoms with Gasteiger partial charge < -0.3 is 15.8 Å². The molecule has 5 nitrogen and oxygen atoms in total. The molecule has 0 unspecified atom stereocenters. The maximum absolute atomic E-state index is 12.4. The Morgan fingerprint density at radius 1 is 1.40 bits per heavy atom. The fourth-order valence-electron chi connectivity index (χ4n) is 1.52. The van der Waals surface area contributed by atoms with Crippen molar-refractivity contribution in [3.8, 4) is 5.75 Å². The Morgan fingerprint density at radius 3 is 2.75 bits per heavy atom. The highest BCUT2D eigenvalue weighted by atomic mass is 32.1. The number of ether oxygens (including phenoxy) is 1. The van der Waals surface area contributed by atoms with Gasteiger partial charge in [-0.3, -0.25) is 0 Å². The molecular formula is C11H11F3N4OS. The Labute approximate surface area is 116 Å². The predicted octanol–water partition coefficient (Wildman–Crippen LogP) is 2.76. The van der Waals surface area contributed by atoms with Gasteiger partial charge in [-0.1, -0.05) is 0 Å². The van der Waals surface area contributed by atoms with Crippen molar-refractivity contribution in [3.63, 3.8) is 0 Å². The van der Waals surface area contributed by atoms with E-state index in [1.165, 1.54) is 7.11 Å². The summed E-state index contributed by atoms with van der Waals surface area (Å²) in [6, 6.07) is 5.04. The monoisotopic (exact) mass is 304 g/mol. The lowest BCUT2D eigenvalue weighted by Crippen LogP contribution is -2.08. The fourth-order valence-corrected chi connectivity index (χ4v) is 2.10. The molecule has 1 aromatic carbocycles. The van der Waals surface area contributed by atoms with E-state index in [0.29, 0.717) is 23.0 Å². The highest BCUT2D eigenvalue weighted by Gasteiger charge is 2.36. The molecule has 0 aliphatic rings. The van der Waals surface area contributed by atoms with Gasteiger partial charge in [0.1, 0.15) is 5.75 Å². The highest BCUT2D eigenvalue weighted by Crippen LogP contribution is 2.29. The van der Waals surface area contributed by atoms with Crippen molar-refractivity contribution < 1.29 is 17.9 Å². The van der Waals surface area contributed by atoms with Crippen LogP contribution < -0.4 is 15.8 Å². The van der Waals surface area contributed by atoms with E-state index in [4.69, 9.17) is 10.5 Å². The molecule has 0 radical (unpaired) electrons. The number of nitrogens with two attached hydrogens (primary N) is 1. The van der Waals surface area contributed by atoms with Crippen molar-refractivity contribution in [2.75, 3.05) is 18.2 Å². The van der Waals surface area contributed by atoms with Crippen molar-refractivity contribution in [2.24, 2.45) is 0 Å². The minimum absolute atomic E-state index is 0.0850. The molecule has 3 N–H and O–H groups in total. The van der Waals surface area contributed by atoms with Gasteiger partial charge in [-0.15, -0.1) is 0 Å². The molecule has 0 fully saturated rings. The number of aromatic nitrogens is 2. The van der Waals surface area contributed by atoms with E-state index in [1.807, 2.05) is 0 Å². The van der Waals surface area contributed by atoms with Crippen molar-refractivity contribution in [2.45, 2.75) is 12.7 Å². The van der Waals surface area contributed by atoms with Crippen LogP contribution in [0.5, 0.6) is 5.75 Å². The lowest BCUT2D eigenvalue weighted by atomic mass is 10.2. The minimum Gasteiger partial charge on any atom is -0.496 e. The molecule has 0 atom stereocenters. The lowest BCUT2D eigenvalue weighted by Gasteiger charge is -2.09. The second-order valence-corrected chi connectivity index (χ2v) is 4.60. The number of anilines is 2. The molecule has 1 heterocycles. The summed E-state index contributed by atoms with van der Waals surface area (Å²) >= 11 is 0.649. The summed E-state index contributed by atoms with van der Waals surface area (Å²) in [6.45, 7) is 0.237. The Balaban J connectivity index is 2.09. The first-order valence-corrected chi connectivity index (χ1v) is 6.24. The highest BCUT2D eigenvalue weighted by molar-refractivity contribution is 7.09. The van der Waals surface area contributed by atoms with E-state index < -0.39 is 12.0 Å². The maximum atomic E-state index is 12.4. The topological polar surface area (TPSA) is 73.1 Å². The summed E-state index contributed by atoms with van der Waals surface area (Å²) in [5, 5.41) is 2.85. The number of benzene rings is 1. The van der Waals surface area contributed by atoms with Crippen LogP contribution >= 0.6 is 11.5 Å². The van der Waals surface area contributed by atoms with Gasteiger partial charge in [-0.2, -0.15) is 22.5 Å². The molecule has 9 heteroatoms. The standard InChI is InChI=1S/C11H11F3N4OS/c1-19-8-3-2-7(15)4-6(8)5-16-10-17-9(18-20-10)11(12,13)14/h2-4H,5,15H2,1H3,(H,16,17,18). The minimum atomic E-state index is -4.54. The summed E-state index contributed by atoms with van der Waals surface area (Å²) < 4.78 is 45.4. The Bertz CT molecular complexity index is 600. The van der Waals surface area contributed by atoms with Crippen LogP contribution in [-0.2, 0) is 12.7 Å². The molecule has 0 aliphatic heterocycles. The van der Waals surface area contributed by atoms with Gasteiger partial charge >= 0.3 is 6.18 Å². The number of nitrogen functional groups attached to an aromatic ring is 1. The SMILES string of the molecule is COc1ccc(N)cc1CNc1nc(C(F)(F)F)ns1. The second kappa shape index (κ2) is 5.53. The summed E-state index contributed by atoms with van der Waals surface area (Å²) in [5.41, 5.74) is 6.91. The maximum Gasteiger partial charge on any atom is 0.452 e. The van der Waals surface area contributed by atoms with E-state index >= 15 is 0 Å². The van der Waals surface area contributed by atoms with Gasteiger partial charge in [-0.25, -0.2) is 0 Å².